The molecule has 2 atom stereocenters. The summed E-state index contributed by atoms with van der Waals surface area (Å²) in [7, 11) is 0. The second-order valence-corrected chi connectivity index (χ2v) is 13.3. The van der Waals surface area contributed by atoms with Gasteiger partial charge in [-0.25, -0.2) is 14.4 Å². The van der Waals surface area contributed by atoms with Crippen molar-refractivity contribution in [2.75, 3.05) is 25.0 Å². The van der Waals surface area contributed by atoms with Crippen molar-refractivity contribution in [3.63, 3.8) is 0 Å². The van der Waals surface area contributed by atoms with Crippen LogP contribution < -0.4 is 37.5 Å². The van der Waals surface area contributed by atoms with E-state index < -0.39 is 47.4 Å². The molecule has 2 heterocycles. The number of aryl methyl sites for hydroxylation is 2. The van der Waals surface area contributed by atoms with Gasteiger partial charge in [-0.1, -0.05) is 43.7 Å². The summed E-state index contributed by atoms with van der Waals surface area (Å²) < 4.78 is 20.2. The lowest BCUT2D eigenvalue weighted by atomic mass is 9.93. The third kappa shape index (κ3) is 10.3. The molecule has 4 bridgehead atoms. The van der Waals surface area contributed by atoms with Gasteiger partial charge in [-0.05, 0) is 79.8 Å². The molecule has 0 saturated heterocycles. The average Bonchev–Trinajstić information content (AvgIpc) is 3.14. The summed E-state index contributed by atoms with van der Waals surface area (Å²) in [6.07, 6.45) is 3.17. The molecule has 0 spiro atoms. The van der Waals surface area contributed by atoms with Crippen molar-refractivity contribution in [3.05, 3.63) is 94.6 Å². The highest BCUT2D eigenvalue weighted by Crippen LogP contribution is 2.34. The van der Waals surface area contributed by atoms with E-state index in [1.165, 1.54) is 18.3 Å². The van der Waals surface area contributed by atoms with Gasteiger partial charge in [-0.2, -0.15) is 0 Å². The largest absolute Gasteiger partial charge is 0.491 e. The zero-order valence-corrected chi connectivity index (χ0v) is 31.0. The van der Waals surface area contributed by atoms with Crippen LogP contribution in [0.3, 0.4) is 0 Å². The second-order valence-electron chi connectivity index (χ2n) is 13.3. The molecule has 5 amide bonds. The van der Waals surface area contributed by atoms with Crippen LogP contribution in [0, 0.1) is 19.7 Å². The average molecular weight is 753 g/mol. The maximum absolute atomic E-state index is 14.7. The van der Waals surface area contributed by atoms with Crippen molar-refractivity contribution in [1.29, 1.82) is 0 Å². The molecule has 0 aliphatic carbocycles. The van der Waals surface area contributed by atoms with Crippen LogP contribution in [0.15, 0.2) is 60.8 Å². The van der Waals surface area contributed by atoms with Crippen LogP contribution in [0.2, 0.25) is 0 Å². The molecule has 8 N–H and O–H groups in total. The first kappa shape index (κ1) is 40.0. The van der Waals surface area contributed by atoms with E-state index in [1.807, 2.05) is 13.0 Å². The molecule has 0 radical (unpaired) electrons. The van der Waals surface area contributed by atoms with E-state index in [9.17, 15) is 28.4 Å². The van der Waals surface area contributed by atoms with Gasteiger partial charge in [0.25, 0.3) is 5.91 Å². The summed E-state index contributed by atoms with van der Waals surface area (Å²) >= 11 is 0. The Kier molecular flexibility index (Phi) is 13.2. The van der Waals surface area contributed by atoms with E-state index >= 15 is 0 Å². The number of amides is 5. The van der Waals surface area contributed by atoms with Crippen LogP contribution in [-0.4, -0.2) is 71.3 Å². The number of benzene rings is 3. The maximum Gasteiger partial charge on any atom is 0.255 e. The summed E-state index contributed by atoms with van der Waals surface area (Å²) in [6, 6.07) is 13.0. The van der Waals surface area contributed by atoms with Gasteiger partial charge in [0.2, 0.25) is 23.6 Å². The van der Waals surface area contributed by atoms with E-state index in [4.69, 9.17) is 16.2 Å². The van der Waals surface area contributed by atoms with E-state index in [-0.39, 0.29) is 49.5 Å². The lowest BCUT2D eigenvalue weighted by Gasteiger charge is -2.23. The second kappa shape index (κ2) is 18.2. The minimum absolute atomic E-state index is 0.0211. The molecule has 0 fully saturated rings. The number of anilines is 1. The number of hydrogen-bond donors (Lipinski definition) is 6. The SMILES string of the molecule is CCCCOc1ccc(-c2ncc(C(=O)N[C@@H](CCN)C(=O)Nc3c(C)cc4cc3-c3cccc(c3)CC(=O)NCC(=O)NC(C(N)=O)C4)c(C)n2)cc1F. The summed E-state index contributed by atoms with van der Waals surface area (Å²) in [5, 5.41) is 10.9. The number of hydrogen-bond acceptors (Lipinski definition) is 9. The number of aromatic nitrogens is 2. The van der Waals surface area contributed by atoms with Crippen molar-refractivity contribution < 1.29 is 33.1 Å². The van der Waals surface area contributed by atoms with Crippen LogP contribution in [0.1, 0.15) is 58.9 Å². The van der Waals surface area contributed by atoms with Crippen molar-refractivity contribution in [1.82, 2.24) is 25.9 Å². The van der Waals surface area contributed by atoms with Crippen LogP contribution in [0.5, 0.6) is 5.75 Å². The lowest BCUT2D eigenvalue weighted by molar-refractivity contribution is -0.128. The monoisotopic (exact) mass is 752 g/mol. The lowest BCUT2D eigenvalue weighted by Crippen LogP contribution is -2.49. The highest BCUT2D eigenvalue weighted by molar-refractivity contribution is 6.04. The maximum atomic E-state index is 14.7. The number of primary amides is 1. The number of rotatable bonds is 12. The molecule has 1 aliphatic heterocycles. The van der Waals surface area contributed by atoms with Crippen molar-refractivity contribution in [2.24, 2.45) is 11.5 Å². The Morgan fingerprint density at radius 1 is 1.04 bits per heavy atom. The highest BCUT2D eigenvalue weighted by atomic mass is 19.1. The number of ether oxygens (including phenoxy) is 1. The predicted octanol–water partition coefficient (Wildman–Crippen LogP) is 3.02. The standard InChI is InChI=1S/C40H45FN8O6/c1-4-5-13-55-33-10-9-27(19-30(33)41)38-45-20-29(23(3)46-38)39(53)48-31(11-12-42)40(54)49-36-22(2)14-25-16-28(36)26-8-6-7-24(15-26)18-34(50)44-21-35(51)47-32(17-25)37(43)52/h6-10,14-16,19-20,31-32H,4-5,11-13,17-18,21,42H2,1-3H3,(H2,43,52)(H,44,50)(H,47,51)(H,48,53)(H,49,54)/t31-,32?/m0/s1. The van der Waals surface area contributed by atoms with Gasteiger partial charge in [-0.15, -0.1) is 0 Å². The number of carbonyl (C=O) groups excluding carboxylic acids is 5. The molecule has 3 aromatic carbocycles. The van der Waals surface area contributed by atoms with Crippen molar-refractivity contribution in [3.8, 4) is 28.3 Å². The van der Waals surface area contributed by atoms with Gasteiger partial charge in [0.15, 0.2) is 17.4 Å². The first-order valence-electron chi connectivity index (χ1n) is 18.0. The zero-order valence-electron chi connectivity index (χ0n) is 31.0. The fourth-order valence-electron chi connectivity index (χ4n) is 6.15. The number of carbonyl (C=O) groups is 5. The smallest absolute Gasteiger partial charge is 0.255 e. The Balaban J connectivity index is 1.40. The Bertz CT molecular complexity index is 2110. The summed E-state index contributed by atoms with van der Waals surface area (Å²) in [6.45, 7) is 5.56. The van der Waals surface area contributed by atoms with Crippen LogP contribution >= 0.6 is 0 Å². The minimum atomic E-state index is -1.07. The molecule has 1 aromatic heterocycles. The Morgan fingerprint density at radius 2 is 1.84 bits per heavy atom. The molecule has 288 valence electrons. The quantitative estimate of drug-likeness (QED) is 0.117. The third-order valence-electron chi connectivity index (χ3n) is 9.06. The first-order chi connectivity index (χ1) is 26.4. The van der Waals surface area contributed by atoms with Gasteiger partial charge in [0, 0.05) is 23.7 Å². The van der Waals surface area contributed by atoms with Gasteiger partial charge in [0.1, 0.15) is 12.1 Å². The van der Waals surface area contributed by atoms with Gasteiger partial charge in [0.05, 0.1) is 36.5 Å². The van der Waals surface area contributed by atoms with E-state index in [1.54, 1.807) is 50.2 Å². The van der Waals surface area contributed by atoms with E-state index in [0.29, 0.717) is 51.4 Å². The number of unbranched alkanes of at least 4 members (excludes halogenated alkanes) is 1. The fourth-order valence-corrected chi connectivity index (χ4v) is 6.15. The first-order valence-corrected chi connectivity index (χ1v) is 18.0. The zero-order chi connectivity index (χ0) is 39.6. The molecule has 0 saturated carbocycles. The molecule has 1 unspecified atom stereocenters. The minimum Gasteiger partial charge on any atom is -0.491 e. The summed E-state index contributed by atoms with van der Waals surface area (Å²) in [5.41, 5.74) is 16.0. The third-order valence-corrected chi connectivity index (χ3v) is 9.06. The number of halogens is 1. The molecule has 55 heavy (non-hydrogen) atoms. The Hall–Kier alpha value is -6.22. The number of nitrogens with zero attached hydrogens (tertiary/aromatic N) is 2. The van der Waals surface area contributed by atoms with Crippen molar-refractivity contribution >= 4 is 35.2 Å². The van der Waals surface area contributed by atoms with E-state index in [2.05, 4.69) is 31.2 Å². The van der Waals surface area contributed by atoms with Gasteiger partial charge in [-0.3, -0.25) is 24.0 Å². The predicted molar refractivity (Wildman–Crippen MR) is 204 cm³/mol. The van der Waals surface area contributed by atoms with Crippen LogP contribution in [0.25, 0.3) is 22.5 Å². The number of nitrogens with two attached hydrogens (primary N) is 2. The molecule has 4 aromatic rings. The van der Waals surface area contributed by atoms with E-state index in [0.717, 1.165) is 12.8 Å². The molecule has 15 heteroatoms. The van der Waals surface area contributed by atoms with Gasteiger partial charge >= 0.3 is 0 Å². The summed E-state index contributed by atoms with van der Waals surface area (Å²) in [4.78, 5) is 73.7. The van der Waals surface area contributed by atoms with Crippen LogP contribution in [0.4, 0.5) is 10.1 Å². The highest BCUT2D eigenvalue weighted by Gasteiger charge is 2.26. The molecule has 1 aliphatic rings. The fraction of sp³-hybridized carbons (Fsp3) is 0.325. The molecular weight excluding hydrogens is 707 g/mol. The topological polar surface area (TPSA) is 221 Å². The number of nitrogens with one attached hydrogen (secondary N) is 4. The molecular formula is C40H45FN8O6. The van der Waals surface area contributed by atoms with Crippen LogP contribution in [-0.2, 0) is 32.0 Å². The number of fused-ring (bicyclic) bond motifs is 5. The Labute approximate surface area is 318 Å². The normalized spacial score (nSPS) is 14.8. The summed E-state index contributed by atoms with van der Waals surface area (Å²) in [5.74, 6) is -3.08. The van der Waals surface area contributed by atoms with Gasteiger partial charge < -0.3 is 37.5 Å². The molecule has 5 rings (SSSR count). The Morgan fingerprint density at radius 3 is 2.55 bits per heavy atom. The molecule has 14 nitrogen and oxygen atoms in total. The van der Waals surface area contributed by atoms with Crippen molar-refractivity contribution in [2.45, 2.75) is 65.0 Å².